The Bertz CT molecular complexity index is 952. The Labute approximate surface area is 173 Å². The summed E-state index contributed by atoms with van der Waals surface area (Å²) >= 11 is 0. The van der Waals surface area contributed by atoms with Crippen LogP contribution < -0.4 is 5.32 Å². The lowest BCUT2D eigenvalue weighted by atomic mass is 10.0. The molecule has 4 rings (SSSR count). The Morgan fingerprint density at radius 2 is 1.83 bits per heavy atom. The molecule has 29 heavy (non-hydrogen) atoms. The highest BCUT2D eigenvalue weighted by Gasteiger charge is 2.16. The number of aryl methyl sites for hydroxylation is 3. The van der Waals surface area contributed by atoms with Crippen molar-refractivity contribution in [3.8, 4) is 0 Å². The van der Waals surface area contributed by atoms with Crippen LogP contribution in [0.5, 0.6) is 0 Å². The number of nitrogens with zero attached hydrogens (tertiary/aromatic N) is 2. The molecule has 1 aromatic heterocycles. The summed E-state index contributed by atoms with van der Waals surface area (Å²) in [5.41, 5.74) is 4.44. The maximum atomic E-state index is 12.2. The summed E-state index contributed by atoms with van der Waals surface area (Å²) in [5.74, 6) is 2.04. The van der Waals surface area contributed by atoms with Crippen LogP contribution in [0.2, 0.25) is 0 Å². The Balaban J connectivity index is 1.31. The minimum absolute atomic E-state index is 0.140. The molecule has 1 heterocycles. The number of benzene rings is 2. The van der Waals surface area contributed by atoms with Crippen molar-refractivity contribution in [2.75, 3.05) is 5.32 Å². The highest BCUT2D eigenvalue weighted by Crippen LogP contribution is 2.28. The van der Waals surface area contributed by atoms with E-state index in [9.17, 15) is 4.79 Å². The third-order valence-corrected chi connectivity index (χ3v) is 6.18. The van der Waals surface area contributed by atoms with E-state index < -0.39 is 0 Å². The van der Waals surface area contributed by atoms with E-state index in [1.165, 1.54) is 36.8 Å². The van der Waals surface area contributed by atoms with Gasteiger partial charge in [-0.1, -0.05) is 49.9 Å². The number of fused-ring (bicyclic) bond motifs is 1. The van der Waals surface area contributed by atoms with Crippen molar-refractivity contribution in [3.05, 3.63) is 59.9 Å². The van der Waals surface area contributed by atoms with Crippen LogP contribution in [0.1, 0.15) is 56.8 Å². The number of hydrogen-bond acceptors (Lipinski definition) is 2. The highest BCUT2D eigenvalue weighted by molar-refractivity contribution is 5.90. The third-order valence-electron chi connectivity index (χ3n) is 6.18. The lowest BCUT2D eigenvalue weighted by Crippen LogP contribution is -2.12. The topological polar surface area (TPSA) is 46.9 Å². The van der Waals surface area contributed by atoms with Crippen LogP contribution in [-0.4, -0.2) is 15.5 Å². The van der Waals surface area contributed by atoms with Gasteiger partial charge in [0.2, 0.25) is 5.91 Å². The fraction of sp³-hybridized carbons (Fsp3) is 0.440. The summed E-state index contributed by atoms with van der Waals surface area (Å²) in [4.78, 5) is 17.0. The van der Waals surface area contributed by atoms with E-state index in [1.54, 1.807) is 0 Å². The highest BCUT2D eigenvalue weighted by atomic mass is 16.1. The predicted octanol–water partition coefficient (Wildman–Crippen LogP) is 5.75. The molecule has 1 aliphatic rings. The molecule has 0 aliphatic heterocycles. The quantitative estimate of drug-likeness (QED) is 0.533. The van der Waals surface area contributed by atoms with Gasteiger partial charge in [0.1, 0.15) is 5.82 Å². The van der Waals surface area contributed by atoms with E-state index in [0.29, 0.717) is 6.42 Å². The van der Waals surface area contributed by atoms with E-state index in [1.807, 2.05) is 18.2 Å². The smallest absolute Gasteiger partial charge is 0.224 e. The van der Waals surface area contributed by atoms with Crippen molar-refractivity contribution in [2.45, 2.75) is 64.8 Å². The molecule has 0 saturated heterocycles. The molecule has 1 aliphatic carbocycles. The maximum absolute atomic E-state index is 12.2. The molecule has 0 unspecified atom stereocenters. The van der Waals surface area contributed by atoms with Gasteiger partial charge in [0, 0.05) is 25.1 Å². The number of rotatable bonds is 8. The number of carbonyl (C=O) groups is 1. The number of nitrogens with one attached hydrogen (secondary N) is 1. The normalized spacial score (nSPS) is 14.5. The van der Waals surface area contributed by atoms with Crippen LogP contribution >= 0.6 is 0 Å². The largest absolute Gasteiger partial charge is 0.328 e. The van der Waals surface area contributed by atoms with E-state index in [-0.39, 0.29) is 5.91 Å². The van der Waals surface area contributed by atoms with Gasteiger partial charge in [-0.15, -0.1) is 0 Å². The molecule has 0 spiro atoms. The zero-order valence-electron chi connectivity index (χ0n) is 17.4. The lowest BCUT2D eigenvalue weighted by molar-refractivity contribution is -0.116. The molecule has 0 bridgehead atoms. The van der Waals surface area contributed by atoms with E-state index in [0.717, 1.165) is 48.8 Å². The van der Waals surface area contributed by atoms with Crippen molar-refractivity contribution >= 4 is 22.6 Å². The molecule has 0 atom stereocenters. The molecule has 2 aromatic carbocycles. The van der Waals surface area contributed by atoms with Crippen molar-refractivity contribution in [1.29, 1.82) is 0 Å². The van der Waals surface area contributed by atoms with Gasteiger partial charge < -0.3 is 9.88 Å². The first-order valence-electron chi connectivity index (χ1n) is 11.1. The SMILES string of the molecule is CCn1c(CCc2ccc(NC(=O)CCC3CCCC3)cc2)nc2ccccc21. The third kappa shape index (κ3) is 4.87. The first-order chi connectivity index (χ1) is 14.2. The van der Waals surface area contributed by atoms with Crippen LogP contribution in [0.4, 0.5) is 5.69 Å². The van der Waals surface area contributed by atoms with Gasteiger partial charge in [-0.25, -0.2) is 4.98 Å². The minimum atomic E-state index is 0.140. The molecule has 152 valence electrons. The van der Waals surface area contributed by atoms with Gasteiger partial charge in [-0.3, -0.25) is 4.79 Å². The van der Waals surface area contributed by atoms with Gasteiger partial charge >= 0.3 is 0 Å². The number of anilines is 1. The van der Waals surface area contributed by atoms with Crippen LogP contribution in [0, 0.1) is 5.92 Å². The monoisotopic (exact) mass is 389 g/mol. The maximum Gasteiger partial charge on any atom is 0.224 e. The summed E-state index contributed by atoms with van der Waals surface area (Å²) in [6.07, 6.45) is 8.79. The number of imidazole rings is 1. The van der Waals surface area contributed by atoms with Crippen molar-refractivity contribution in [2.24, 2.45) is 5.92 Å². The van der Waals surface area contributed by atoms with Crippen LogP contribution in [0.15, 0.2) is 48.5 Å². The second-order valence-corrected chi connectivity index (χ2v) is 8.20. The first-order valence-corrected chi connectivity index (χ1v) is 11.1. The zero-order valence-corrected chi connectivity index (χ0v) is 17.4. The number of hydrogen-bond donors (Lipinski definition) is 1. The molecule has 1 fully saturated rings. The first kappa shape index (κ1) is 19.7. The number of aromatic nitrogens is 2. The fourth-order valence-corrected chi connectivity index (χ4v) is 4.54. The second-order valence-electron chi connectivity index (χ2n) is 8.20. The second kappa shape index (κ2) is 9.25. The minimum Gasteiger partial charge on any atom is -0.328 e. The average molecular weight is 390 g/mol. The summed E-state index contributed by atoms with van der Waals surface area (Å²) in [7, 11) is 0. The molecule has 1 saturated carbocycles. The molecule has 0 radical (unpaired) electrons. The molecule has 3 aromatic rings. The summed E-state index contributed by atoms with van der Waals surface area (Å²) in [6, 6.07) is 16.6. The number of amides is 1. The lowest BCUT2D eigenvalue weighted by Gasteiger charge is -2.10. The van der Waals surface area contributed by atoms with E-state index in [2.05, 4.69) is 47.1 Å². The van der Waals surface area contributed by atoms with Gasteiger partial charge in [0.15, 0.2) is 0 Å². The van der Waals surface area contributed by atoms with Gasteiger partial charge in [-0.2, -0.15) is 0 Å². The molecule has 1 amide bonds. The molecular weight excluding hydrogens is 358 g/mol. The zero-order chi connectivity index (χ0) is 20.1. The summed E-state index contributed by atoms with van der Waals surface area (Å²) in [5, 5.41) is 3.05. The molecule has 4 heteroatoms. The molecule has 4 nitrogen and oxygen atoms in total. The Kier molecular flexibility index (Phi) is 6.28. The average Bonchev–Trinajstić information content (AvgIpc) is 3.39. The number of carbonyl (C=O) groups excluding carboxylic acids is 1. The summed E-state index contributed by atoms with van der Waals surface area (Å²) in [6.45, 7) is 3.10. The molecular formula is C25H31N3O. The summed E-state index contributed by atoms with van der Waals surface area (Å²) < 4.78 is 2.30. The van der Waals surface area contributed by atoms with Crippen LogP contribution in [0.25, 0.3) is 11.0 Å². The Morgan fingerprint density at radius 3 is 2.59 bits per heavy atom. The van der Waals surface area contributed by atoms with Crippen molar-refractivity contribution in [3.63, 3.8) is 0 Å². The van der Waals surface area contributed by atoms with Crippen molar-refractivity contribution in [1.82, 2.24) is 9.55 Å². The van der Waals surface area contributed by atoms with Crippen LogP contribution in [-0.2, 0) is 24.2 Å². The number of para-hydroxylation sites is 2. The van der Waals surface area contributed by atoms with Gasteiger partial charge in [-0.05, 0) is 55.5 Å². The standard InChI is InChI=1S/C25H31N3O/c1-2-28-23-10-6-5-9-22(23)27-24(28)17-13-20-11-15-21(16-12-20)26-25(29)18-14-19-7-3-4-8-19/h5-6,9-12,15-16,19H,2-4,7-8,13-14,17-18H2,1H3,(H,26,29). The van der Waals surface area contributed by atoms with Crippen molar-refractivity contribution < 1.29 is 4.79 Å². The molecule has 1 N–H and O–H groups in total. The van der Waals surface area contributed by atoms with E-state index >= 15 is 0 Å². The predicted molar refractivity (Wildman–Crippen MR) is 119 cm³/mol. The van der Waals surface area contributed by atoms with Gasteiger partial charge in [0.25, 0.3) is 0 Å². The Morgan fingerprint density at radius 1 is 1.07 bits per heavy atom. The van der Waals surface area contributed by atoms with Crippen LogP contribution in [0.3, 0.4) is 0 Å². The van der Waals surface area contributed by atoms with Gasteiger partial charge in [0.05, 0.1) is 11.0 Å². The Hall–Kier alpha value is -2.62. The fourth-order valence-electron chi connectivity index (χ4n) is 4.54. The van der Waals surface area contributed by atoms with E-state index in [4.69, 9.17) is 4.98 Å².